The van der Waals surface area contributed by atoms with Crippen molar-refractivity contribution in [3.63, 3.8) is 0 Å². The Morgan fingerprint density at radius 1 is 1.21 bits per heavy atom. The van der Waals surface area contributed by atoms with E-state index >= 15 is 0 Å². The third kappa shape index (κ3) is 2.56. The Kier molecular flexibility index (Phi) is 3.16. The third-order valence-corrected chi connectivity index (χ3v) is 7.10. The molecule has 0 saturated heterocycles. The fourth-order valence-corrected chi connectivity index (χ4v) is 4.97. The highest BCUT2D eigenvalue weighted by Crippen LogP contribution is 2.75. The zero-order valence-corrected chi connectivity index (χ0v) is 16.3. The first-order valence-electron chi connectivity index (χ1n) is 10.2. The summed E-state index contributed by atoms with van der Waals surface area (Å²) in [7, 11) is 1.91. The summed E-state index contributed by atoms with van der Waals surface area (Å²) in [5.74, 6) is 1.77. The van der Waals surface area contributed by atoms with E-state index in [4.69, 9.17) is 0 Å². The zero-order chi connectivity index (χ0) is 19.0. The van der Waals surface area contributed by atoms with Crippen molar-refractivity contribution in [2.75, 3.05) is 5.32 Å². The van der Waals surface area contributed by atoms with Gasteiger partial charge in [-0.3, -0.25) is 9.48 Å². The first kappa shape index (κ1) is 16.3. The van der Waals surface area contributed by atoms with Gasteiger partial charge in [0, 0.05) is 30.7 Å². The van der Waals surface area contributed by atoms with Gasteiger partial charge in [-0.15, -0.1) is 0 Å². The van der Waals surface area contributed by atoms with Crippen LogP contribution in [0.2, 0.25) is 0 Å². The van der Waals surface area contributed by atoms with Crippen LogP contribution in [0, 0.1) is 18.3 Å². The number of carbonyl (C=O) groups excluding carboxylic acids is 1. The van der Waals surface area contributed by atoms with E-state index in [1.54, 1.807) is 4.68 Å². The Morgan fingerprint density at radius 3 is 2.79 bits per heavy atom. The number of hydrogen-bond donors (Lipinski definition) is 1. The molecule has 1 aromatic carbocycles. The second kappa shape index (κ2) is 5.43. The van der Waals surface area contributed by atoms with Gasteiger partial charge in [0.15, 0.2) is 0 Å². The van der Waals surface area contributed by atoms with Gasteiger partial charge >= 0.3 is 0 Å². The van der Waals surface area contributed by atoms with Gasteiger partial charge in [-0.25, -0.2) is 4.98 Å². The van der Waals surface area contributed by atoms with Crippen molar-refractivity contribution in [1.82, 2.24) is 14.8 Å². The Balaban J connectivity index is 1.22. The molecule has 0 aliphatic heterocycles. The van der Waals surface area contributed by atoms with Crippen LogP contribution in [0.15, 0.2) is 36.8 Å². The minimum Gasteiger partial charge on any atom is -0.310 e. The second-order valence-corrected chi connectivity index (χ2v) is 9.13. The average molecular weight is 372 g/mol. The first-order chi connectivity index (χ1) is 13.5. The molecule has 142 valence electrons. The lowest BCUT2D eigenvalue weighted by Gasteiger charge is -2.10. The van der Waals surface area contributed by atoms with E-state index in [9.17, 15) is 4.79 Å². The quantitative estimate of drug-likeness (QED) is 0.743. The van der Waals surface area contributed by atoms with Crippen molar-refractivity contribution in [1.29, 1.82) is 0 Å². The summed E-state index contributed by atoms with van der Waals surface area (Å²) in [6, 6.07) is 6.60. The summed E-state index contributed by atoms with van der Waals surface area (Å²) in [4.78, 5) is 17.1. The minimum absolute atomic E-state index is 0.0245. The maximum Gasteiger partial charge on any atom is 0.229 e. The number of pyridine rings is 1. The molecule has 3 aliphatic rings. The molecule has 3 aromatic rings. The summed E-state index contributed by atoms with van der Waals surface area (Å²) in [5.41, 5.74) is 4.66. The van der Waals surface area contributed by atoms with E-state index < -0.39 is 0 Å². The SMILES string of the molecule is Cc1cc2cnc(NC(=O)[C@H]3C[C@@H]3c3cnn(C)c3)cc2cc1[C@@H]1CC12CC2. The number of aromatic nitrogens is 3. The number of fused-ring (bicyclic) bond motifs is 1. The fourth-order valence-electron chi connectivity index (χ4n) is 4.97. The predicted octanol–water partition coefficient (Wildman–Crippen LogP) is 4.29. The standard InChI is InChI=1S/C23H24N4O/c1-13-5-15-10-24-21(7-14(15)6-17(13)20-9-23(20)3-4-23)26-22(28)19-8-18(19)16-11-25-27(2)12-16/h5-7,10-12,18-20H,3-4,8-9H2,1-2H3,(H,24,26,28)/t18-,19+,20+/m1/s1. The van der Waals surface area contributed by atoms with Crippen molar-refractivity contribution in [2.45, 2.75) is 44.4 Å². The molecule has 2 aromatic heterocycles. The predicted molar refractivity (Wildman–Crippen MR) is 108 cm³/mol. The molecule has 6 rings (SSSR count). The monoisotopic (exact) mass is 372 g/mol. The maximum absolute atomic E-state index is 12.7. The molecule has 1 amide bonds. The van der Waals surface area contributed by atoms with Crippen LogP contribution in [0.3, 0.4) is 0 Å². The summed E-state index contributed by atoms with van der Waals surface area (Å²) in [6.45, 7) is 2.21. The molecule has 0 bridgehead atoms. The van der Waals surface area contributed by atoms with Crippen LogP contribution in [0.1, 0.15) is 54.2 Å². The van der Waals surface area contributed by atoms with E-state index in [1.165, 1.54) is 35.8 Å². The Bertz CT molecular complexity index is 1130. The van der Waals surface area contributed by atoms with Crippen LogP contribution in [0.25, 0.3) is 10.8 Å². The number of rotatable bonds is 4. The Morgan fingerprint density at radius 2 is 2.07 bits per heavy atom. The normalized spacial score (nSPS) is 26.4. The molecule has 3 saturated carbocycles. The lowest BCUT2D eigenvalue weighted by molar-refractivity contribution is -0.117. The van der Waals surface area contributed by atoms with Crippen molar-refractivity contribution < 1.29 is 4.79 Å². The zero-order valence-electron chi connectivity index (χ0n) is 16.3. The van der Waals surface area contributed by atoms with Gasteiger partial charge in [-0.2, -0.15) is 5.10 Å². The number of amides is 1. The Labute approximate surface area is 164 Å². The molecule has 5 nitrogen and oxygen atoms in total. The van der Waals surface area contributed by atoms with Gasteiger partial charge < -0.3 is 5.32 Å². The van der Waals surface area contributed by atoms with Crippen LogP contribution in [0.4, 0.5) is 5.82 Å². The van der Waals surface area contributed by atoms with Crippen molar-refractivity contribution in [2.24, 2.45) is 18.4 Å². The second-order valence-electron chi connectivity index (χ2n) is 9.13. The highest BCUT2D eigenvalue weighted by Gasteiger charge is 2.63. The molecule has 3 aliphatic carbocycles. The van der Waals surface area contributed by atoms with Crippen molar-refractivity contribution >= 4 is 22.5 Å². The molecular weight excluding hydrogens is 348 g/mol. The van der Waals surface area contributed by atoms with Crippen molar-refractivity contribution in [3.05, 3.63) is 53.5 Å². The molecule has 1 N–H and O–H groups in total. The smallest absolute Gasteiger partial charge is 0.229 e. The van der Waals surface area contributed by atoms with E-state index in [0.29, 0.717) is 11.2 Å². The summed E-state index contributed by atoms with van der Waals surface area (Å²) < 4.78 is 1.79. The van der Waals surface area contributed by atoms with Crippen molar-refractivity contribution in [3.8, 4) is 0 Å². The fraction of sp³-hybridized carbons (Fsp3) is 0.435. The number of nitrogens with one attached hydrogen (secondary N) is 1. The van der Waals surface area contributed by atoms with Crippen LogP contribution in [0.5, 0.6) is 0 Å². The number of benzene rings is 1. The molecule has 28 heavy (non-hydrogen) atoms. The summed E-state index contributed by atoms with van der Waals surface area (Å²) in [5, 5.41) is 9.56. The van der Waals surface area contributed by atoms with Gasteiger partial charge in [-0.05, 0) is 84.1 Å². The lowest BCUT2D eigenvalue weighted by atomic mass is 9.98. The van der Waals surface area contributed by atoms with Gasteiger partial charge in [0.1, 0.15) is 5.82 Å². The summed E-state index contributed by atoms with van der Waals surface area (Å²) in [6.07, 6.45) is 10.8. The maximum atomic E-state index is 12.7. The molecule has 3 fully saturated rings. The molecule has 3 atom stereocenters. The number of anilines is 1. The van der Waals surface area contributed by atoms with E-state index in [2.05, 4.69) is 34.5 Å². The van der Waals surface area contributed by atoms with Crippen LogP contribution in [-0.2, 0) is 11.8 Å². The molecular formula is C23H24N4O. The minimum atomic E-state index is 0.0245. The van der Waals surface area contributed by atoms with Crippen LogP contribution in [-0.4, -0.2) is 20.7 Å². The topological polar surface area (TPSA) is 59.8 Å². The molecule has 0 unspecified atom stereocenters. The van der Waals surface area contributed by atoms with Gasteiger partial charge in [0.2, 0.25) is 5.91 Å². The highest BCUT2D eigenvalue weighted by atomic mass is 16.2. The first-order valence-corrected chi connectivity index (χ1v) is 10.2. The van der Waals surface area contributed by atoms with Gasteiger partial charge in [0.05, 0.1) is 6.20 Å². The third-order valence-electron chi connectivity index (χ3n) is 7.10. The molecule has 0 radical (unpaired) electrons. The van der Waals surface area contributed by atoms with Gasteiger partial charge in [0.25, 0.3) is 0 Å². The molecule has 1 spiro atoms. The number of hydrogen-bond acceptors (Lipinski definition) is 3. The summed E-state index contributed by atoms with van der Waals surface area (Å²) >= 11 is 0. The molecule has 2 heterocycles. The van der Waals surface area contributed by atoms with E-state index in [-0.39, 0.29) is 17.7 Å². The van der Waals surface area contributed by atoms with Crippen LogP contribution >= 0.6 is 0 Å². The Hall–Kier alpha value is -2.69. The number of nitrogens with zero attached hydrogens (tertiary/aromatic N) is 3. The number of carbonyl (C=O) groups is 1. The van der Waals surface area contributed by atoms with Gasteiger partial charge in [-0.1, -0.05) is 6.07 Å². The van der Waals surface area contributed by atoms with E-state index in [0.717, 1.165) is 23.3 Å². The largest absolute Gasteiger partial charge is 0.310 e. The number of aryl methyl sites for hydroxylation is 2. The highest BCUT2D eigenvalue weighted by molar-refractivity contribution is 5.96. The van der Waals surface area contributed by atoms with Crippen LogP contribution < -0.4 is 5.32 Å². The lowest BCUT2D eigenvalue weighted by Crippen LogP contribution is -2.15. The average Bonchev–Trinajstić information content (AvgIpc) is 3.60. The molecule has 5 heteroatoms. The van der Waals surface area contributed by atoms with E-state index in [1.807, 2.05) is 31.7 Å².